The molecule has 1 spiro atoms. The first-order valence-electron chi connectivity index (χ1n) is 9.54. The van der Waals surface area contributed by atoms with E-state index in [4.69, 9.17) is 4.84 Å². The Hall–Kier alpha value is -2.64. The van der Waals surface area contributed by atoms with Crippen molar-refractivity contribution in [2.45, 2.75) is 56.7 Å². The summed E-state index contributed by atoms with van der Waals surface area (Å²) in [5.41, 5.74) is -0.210. The van der Waals surface area contributed by atoms with Crippen LogP contribution in [0.4, 0.5) is 0 Å². The van der Waals surface area contributed by atoms with Crippen molar-refractivity contribution in [1.82, 2.24) is 14.8 Å². The molecule has 8 nitrogen and oxygen atoms in total. The summed E-state index contributed by atoms with van der Waals surface area (Å²) in [5, 5.41) is 7.02. The molecule has 3 heterocycles. The molecule has 1 aromatic heterocycles. The fraction of sp³-hybridized carbons (Fsp3) is 0.579. The molecular weight excluding hydrogens is 348 g/mol. The summed E-state index contributed by atoms with van der Waals surface area (Å²) in [6.07, 6.45) is 6.60. The van der Waals surface area contributed by atoms with Crippen molar-refractivity contribution in [2.24, 2.45) is 5.16 Å². The number of oxime groups is 1. The Balaban J connectivity index is 1.29. The predicted octanol–water partition coefficient (Wildman–Crippen LogP) is 0.654. The van der Waals surface area contributed by atoms with Gasteiger partial charge in [0.15, 0.2) is 0 Å². The van der Waals surface area contributed by atoms with Gasteiger partial charge < -0.3 is 19.6 Å². The van der Waals surface area contributed by atoms with Crippen molar-refractivity contribution in [3.8, 4) is 0 Å². The van der Waals surface area contributed by atoms with Gasteiger partial charge in [-0.2, -0.15) is 0 Å². The first-order valence-corrected chi connectivity index (χ1v) is 9.54. The summed E-state index contributed by atoms with van der Waals surface area (Å²) in [6, 6.07) is 5.11. The van der Waals surface area contributed by atoms with Crippen LogP contribution < -0.4 is 10.9 Å². The molecular formula is C19H24N4O4. The van der Waals surface area contributed by atoms with Crippen molar-refractivity contribution in [3.63, 3.8) is 0 Å². The fourth-order valence-electron chi connectivity index (χ4n) is 3.73. The first-order chi connectivity index (χ1) is 13.0. The molecule has 0 aromatic carbocycles. The second-order valence-electron chi connectivity index (χ2n) is 7.64. The van der Waals surface area contributed by atoms with Gasteiger partial charge in [0.25, 0.3) is 11.5 Å². The van der Waals surface area contributed by atoms with Crippen LogP contribution in [0.3, 0.4) is 0 Å². The second kappa shape index (κ2) is 7.17. The van der Waals surface area contributed by atoms with Crippen molar-refractivity contribution in [1.29, 1.82) is 0 Å². The number of pyridine rings is 1. The lowest BCUT2D eigenvalue weighted by atomic mass is 9.86. The van der Waals surface area contributed by atoms with Crippen molar-refractivity contribution in [3.05, 3.63) is 34.7 Å². The van der Waals surface area contributed by atoms with Gasteiger partial charge in [0.2, 0.25) is 5.91 Å². The Morgan fingerprint density at radius 1 is 1.26 bits per heavy atom. The Morgan fingerprint density at radius 2 is 2.04 bits per heavy atom. The molecule has 0 bridgehead atoms. The molecule has 8 heteroatoms. The van der Waals surface area contributed by atoms with E-state index in [0.29, 0.717) is 38.1 Å². The molecule has 2 amide bonds. The van der Waals surface area contributed by atoms with Crippen molar-refractivity contribution in [2.75, 3.05) is 13.1 Å². The van der Waals surface area contributed by atoms with Crippen LogP contribution in [0, 0.1) is 0 Å². The molecule has 0 radical (unpaired) electrons. The SMILES string of the molecule is O=C(NC1CCC1)C1=NOC2(CCN(C(=O)Cn3ccccc3=O)CC2)C1. The van der Waals surface area contributed by atoms with E-state index in [1.807, 2.05) is 0 Å². The molecule has 27 heavy (non-hydrogen) atoms. The normalized spacial score (nSPS) is 21.3. The number of hydrogen-bond acceptors (Lipinski definition) is 5. The smallest absolute Gasteiger partial charge is 0.269 e. The maximum Gasteiger partial charge on any atom is 0.269 e. The third-order valence-electron chi connectivity index (χ3n) is 5.77. The quantitative estimate of drug-likeness (QED) is 0.840. The number of hydrogen-bond donors (Lipinski definition) is 1. The van der Waals surface area contributed by atoms with Crippen molar-refractivity contribution < 1.29 is 14.4 Å². The zero-order valence-corrected chi connectivity index (χ0v) is 15.2. The number of likely N-dealkylation sites (tertiary alicyclic amines) is 1. The minimum Gasteiger partial charge on any atom is -0.388 e. The van der Waals surface area contributed by atoms with Crippen LogP contribution >= 0.6 is 0 Å². The van der Waals surface area contributed by atoms with Crippen molar-refractivity contribution >= 4 is 17.5 Å². The highest BCUT2D eigenvalue weighted by atomic mass is 16.7. The average Bonchev–Trinajstić information content (AvgIpc) is 3.04. The summed E-state index contributed by atoms with van der Waals surface area (Å²) in [7, 11) is 0. The van der Waals surface area contributed by atoms with E-state index in [1.165, 1.54) is 10.6 Å². The molecule has 1 N–H and O–H groups in total. The van der Waals surface area contributed by atoms with Crippen LogP contribution in [0.1, 0.15) is 38.5 Å². The second-order valence-corrected chi connectivity index (χ2v) is 7.64. The van der Waals surface area contributed by atoms with Gasteiger partial charge in [-0.1, -0.05) is 11.2 Å². The molecule has 2 fully saturated rings. The molecule has 0 atom stereocenters. The average molecular weight is 372 g/mol. The molecule has 2 aliphatic heterocycles. The van der Waals surface area contributed by atoms with Gasteiger partial charge in [-0.15, -0.1) is 0 Å². The van der Waals surface area contributed by atoms with E-state index >= 15 is 0 Å². The minimum atomic E-state index is -0.480. The third kappa shape index (κ3) is 3.74. The van der Waals surface area contributed by atoms with Gasteiger partial charge in [-0.05, 0) is 25.3 Å². The summed E-state index contributed by atoms with van der Waals surface area (Å²) in [6.45, 7) is 1.11. The Labute approximate surface area is 157 Å². The van der Waals surface area contributed by atoms with Crippen LogP contribution in [0.2, 0.25) is 0 Å². The van der Waals surface area contributed by atoms with Crippen LogP contribution in [-0.2, 0) is 21.0 Å². The molecule has 1 saturated carbocycles. The van der Waals surface area contributed by atoms with E-state index in [-0.39, 0.29) is 30.0 Å². The number of carbonyl (C=O) groups is 2. The number of nitrogens with one attached hydrogen (secondary N) is 1. The molecule has 1 aromatic rings. The van der Waals surface area contributed by atoms with Gasteiger partial charge in [0.05, 0.1) is 0 Å². The highest BCUT2D eigenvalue weighted by Crippen LogP contribution is 2.35. The molecule has 0 unspecified atom stereocenters. The lowest BCUT2D eigenvalue weighted by Gasteiger charge is -2.37. The van der Waals surface area contributed by atoms with Gasteiger partial charge >= 0.3 is 0 Å². The molecule has 144 valence electrons. The van der Waals surface area contributed by atoms with Crippen LogP contribution in [-0.4, -0.2) is 51.7 Å². The van der Waals surface area contributed by atoms with Gasteiger partial charge in [0, 0.05) is 50.7 Å². The number of amides is 2. The summed E-state index contributed by atoms with van der Waals surface area (Å²) in [5.74, 6) is -0.210. The van der Waals surface area contributed by atoms with E-state index in [2.05, 4.69) is 10.5 Å². The summed E-state index contributed by atoms with van der Waals surface area (Å²) >= 11 is 0. The Bertz CT molecular complexity index is 819. The number of carbonyl (C=O) groups excluding carboxylic acids is 2. The zero-order chi connectivity index (χ0) is 18.9. The molecule has 4 rings (SSSR count). The third-order valence-corrected chi connectivity index (χ3v) is 5.77. The first kappa shape index (κ1) is 17.8. The zero-order valence-electron chi connectivity index (χ0n) is 15.2. The fourth-order valence-corrected chi connectivity index (χ4v) is 3.73. The monoisotopic (exact) mass is 372 g/mol. The Morgan fingerprint density at radius 3 is 2.70 bits per heavy atom. The van der Waals surface area contributed by atoms with E-state index in [0.717, 1.165) is 19.3 Å². The number of nitrogens with zero attached hydrogens (tertiary/aromatic N) is 3. The van der Waals surface area contributed by atoms with Crippen LogP contribution in [0.15, 0.2) is 34.3 Å². The lowest BCUT2D eigenvalue weighted by Crippen LogP contribution is -2.49. The maximum atomic E-state index is 12.5. The lowest BCUT2D eigenvalue weighted by molar-refractivity contribution is -0.137. The van der Waals surface area contributed by atoms with Gasteiger partial charge in [0.1, 0.15) is 17.9 Å². The molecule has 3 aliphatic rings. The van der Waals surface area contributed by atoms with Gasteiger partial charge in [-0.3, -0.25) is 14.4 Å². The topological polar surface area (TPSA) is 93.0 Å². The van der Waals surface area contributed by atoms with Crippen LogP contribution in [0.25, 0.3) is 0 Å². The van der Waals surface area contributed by atoms with E-state index in [9.17, 15) is 14.4 Å². The highest BCUT2D eigenvalue weighted by molar-refractivity contribution is 6.39. The Kier molecular flexibility index (Phi) is 4.72. The maximum absolute atomic E-state index is 12.5. The molecule has 1 aliphatic carbocycles. The van der Waals surface area contributed by atoms with E-state index < -0.39 is 5.60 Å². The number of piperidine rings is 1. The number of rotatable bonds is 4. The number of aromatic nitrogens is 1. The molecule has 1 saturated heterocycles. The largest absolute Gasteiger partial charge is 0.388 e. The highest BCUT2D eigenvalue weighted by Gasteiger charge is 2.44. The minimum absolute atomic E-state index is 0.0407. The summed E-state index contributed by atoms with van der Waals surface area (Å²) < 4.78 is 1.41. The van der Waals surface area contributed by atoms with Gasteiger partial charge in [-0.25, -0.2) is 0 Å². The van der Waals surface area contributed by atoms with E-state index in [1.54, 1.807) is 23.2 Å². The predicted molar refractivity (Wildman–Crippen MR) is 98.2 cm³/mol. The standard InChI is InChI=1S/C19H24N4O4/c24-16-6-1-2-9-23(16)13-17(25)22-10-7-19(8-11-22)12-15(21-27-19)18(26)20-14-4-3-5-14/h1-2,6,9,14H,3-5,7-8,10-13H2,(H,20,26). The summed E-state index contributed by atoms with van der Waals surface area (Å²) in [4.78, 5) is 43.9. The van der Waals surface area contributed by atoms with Crippen LogP contribution in [0.5, 0.6) is 0 Å².